The van der Waals surface area contributed by atoms with Gasteiger partial charge in [0, 0.05) is 35.6 Å². The number of carbonyl (C=O) groups excluding carboxylic acids is 1. The first-order valence-corrected chi connectivity index (χ1v) is 12.3. The molecule has 1 fully saturated rings. The number of carbonyl (C=O) groups is 1. The van der Waals surface area contributed by atoms with Gasteiger partial charge in [-0.05, 0) is 32.3 Å². The summed E-state index contributed by atoms with van der Waals surface area (Å²) in [5.74, 6) is 1.38. The largest absolute Gasteiger partial charge is 0.358 e. The number of rotatable bonds is 6. The van der Waals surface area contributed by atoms with Crippen LogP contribution < -0.4 is 0 Å². The first kappa shape index (κ1) is 20.2. The maximum Gasteiger partial charge on any atom is 0.191 e. The molecule has 0 aliphatic carbocycles. The summed E-state index contributed by atoms with van der Waals surface area (Å²) in [6, 6.07) is 7.80. The topological polar surface area (TPSA) is 97.7 Å². The van der Waals surface area contributed by atoms with Crippen molar-refractivity contribution in [2.45, 2.75) is 37.1 Å². The quantitative estimate of drug-likeness (QED) is 0.475. The number of hydrogen-bond acceptors (Lipinski definition) is 6. The molecule has 1 aliphatic rings. The first-order chi connectivity index (χ1) is 13.7. The second-order valence-electron chi connectivity index (χ2n) is 7.73. The predicted octanol–water partition coefficient (Wildman–Crippen LogP) is 2.95. The number of aromatic nitrogens is 4. The van der Waals surface area contributed by atoms with Crippen LogP contribution in [-0.2, 0) is 23.3 Å². The molecule has 0 spiro atoms. The molecule has 1 saturated heterocycles. The second-order valence-corrected chi connectivity index (χ2v) is 11.3. The third kappa shape index (κ3) is 3.98. The van der Waals surface area contributed by atoms with E-state index in [1.807, 2.05) is 49.7 Å². The lowest BCUT2D eigenvalue weighted by Gasteiger charge is -2.11. The molecule has 1 aromatic carbocycles. The molecule has 3 heterocycles. The average molecular weight is 433 g/mol. The van der Waals surface area contributed by atoms with Crippen molar-refractivity contribution in [3.05, 3.63) is 41.3 Å². The fourth-order valence-corrected chi connectivity index (χ4v) is 6.68. The van der Waals surface area contributed by atoms with Crippen molar-refractivity contribution >= 4 is 38.3 Å². The third-order valence-electron chi connectivity index (χ3n) is 5.51. The van der Waals surface area contributed by atoms with E-state index in [9.17, 15) is 13.2 Å². The Morgan fingerprint density at radius 3 is 2.83 bits per heavy atom. The van der Waals surface area contributed by atoms with Crippen LogP contribution >= 0.6 is 11.8 Å². The van der Waals surface area contributed by atoms with Crippen molar-refractivity contribution in [2.24, 2.45) is 13.0 Å². The average Bonchev–Trinajstić information content (AvgIpc) is 3.30. The molecule has 9 heteroatoms. The van der Waals surface area contributed by atoms with Gasteiger partial charge in [-0.2, -0.15) is 0 Å². The molecule has 4 rings (SSSR count). The molecule has 1 N–H and O–H groups in total. The highest BCUT2D eigenvalue weighted by atomic mass is 32.2. The zero-order valence-corrected chi connectivity index (χ0v) is 18.3. The molecule has 2 atom stereocenters. The lowest BCUT2D eigenvalue weighted by atomic mass is 10.1. The van der Waals surface area contributed by atoms with Crippen molar-refractivity contribution in [3.8, 4) is 0 Å². The van der Waals surface area contributed by atoms with Gasteiger partial charge in [0.05, 0.1) is 16.8 Å². The van der Waals surface area contributed by atoms with Gasteiger partial charge in [-0.1, -0.05) is 30.0 Å². The highest BCUT2D eigenvalue weighted by Crippen LogP contribution is 2.30. The molecule has 154 valence electrons. The number of ketones is 1. The number of aryl methyl sites for hydroxylation is 1. The van der Waals surface area contributed by atoms with Crippen LogP contribution in [0.2, 0.25) is 0 Å². The van der Waals surface area contributed by atoms with Gasteiger partial charge in [0.1, 0.15) is 5.82 Å². The summed E-state index contributed by atoms with van der Waals surface area (Å²) in [7, 11) is -1.04. The van der Waals surface area contributed by atoms with Crippen molar-refractivity contribution in [1.82, 2.24) is 19.7 Å². The Morgan fingerprint density at radius 1 is 1.34 bits per heavy atom. The fourth-order valence-electron chi connectivity index (χ4n) is 3.93. The monoisotopic (exact) mass is 432 g/mol. The Hall–Kier alpha value is -2.13. The summed E-state index contributed by atoms with van der Waals surface area (Å²) in [6.07, 6.45) is 1.26. The highest BCUT2D eigenvalue weighted by molar-refractivity contribution is 8.00. The maximum atomic E-state index is 13.1. The predicted molar refractivity (Wildman–Crippen MR) is 114 cm³/mol. The molecule has 0 bridgehead atoms. The number of para-hydroxylation sites is 1. The number of benzene rings is 1. The summed E-state index contributed by atoms with van der Waals surface area (Å²) in [6.45, 7) is 3.80. The number of Topliss-reactive ketones (excluding diaryl/α,β-unsaturated/α-hetero) is 1. The van der Waals surface area contributed by atoms with E-state index in [4.69, 9.17) is 0 Å². The van der Waals surface area contributed by atoms with Crippen LogP contribution in [0.15, 0.2) is 29.4 Å². The summed E-state index contributed by atoms with van der Waals surface area (Å²) in [5, 5.41) is 9.77. The van der Waals surface area contributed by atoms with E-state index in [0.717, 1.165) is 28.0 Å². The number of aromatic amines is 1. The molecule has 3 aromatic rings. The molecule has 0 radical (unpaired) electrons. The van der Waals surface area contributed by atoms with Crippen LogP contribution in [-0.4, -0.2) is 50.7 Å². The molecule has 1 aliphatic heterocycles. The van der Waals surface area contributed by atoms with Gasteiger partial charge in [0.15, 0.2) is 20.8 Å². The van der Waals surface area contributed by atoms with Crippen LogP contribution in [0, 0.1) is 12.8 Å². The second kappa shape index (κ2) is 7.60. The minimum atomic E-state index is -2.91. The lowest BCUT2D eigenvalue weighted by molar-refractivity contribution is 0.0995. The van der Waals surface area contributed by atoms with E-state index in [1.165, 1.54) is 11.8 Å². The summed E-state index contributed by atoms with van der Waals surface area (Å²) in [4.78, 5) is 16.4. The summed E-state index contributed by atoms with van der Waals surface area (Å²) in [5.41, 5.74) is 2.54. The lowest BCUT2D eigenvalue weighted by Crippen LogP contribution is -2.15. The Balaban J connectivity index is 1.50. The van der Waals surface area contributed by atoms with E-state index >= 15 is 0 Å². The van der Waals surface area contributed by atoms with Gasteiger partial charge >= 0.3 is 0 Å². The summed E-state index contributed by atoms with van der Waals surface area (Å²) >= 11 is 1.38. The number of fused-ring (bicyclic) bond motifs is 1. The third-order valence-corrected chi connectivity index (χ3v) is 8.49. The smallest absolute Gasteiger partial charge is 0.191 e. The van der Waals surface area contributed by atoms with Crippen molar-refractivity contribution in [3.63, 3.8) is 0 Å². The standard InChI is InChI=1S/C20H24N4O3S2/c1-12-18(15-6-4-5-7-16(15)21-12)19(25)13(2)28-20-23-22-17(24(20)3)10-14-8-9-29(26,27)11-14/h4-7,13-14,21H,8-11H2,1-3H3/t13-,14-/m0/s1. The van der Waals surface area contributed by atoms with Crippen molar-refractivity contribution < 1.29 is 13.2 Å². The number of sulfone groups is 1. The van der Waals surface area contributed by atoms with Crippen LogP contribution in [0.4, 0.5) is 0 Å². The minimum absolute atomic E-state index is 0.0522. The molecule has 29 heavy (non-hydrogen) atoms. The van der Waals surface area contributed by atoms with E-state index in [-0.39, 0.29) is 28.5 Å². The Kier molecular flexibility index (Phi) is 5.29. The SMILES string of the molecule is Cc1[nH]c2ccccc2c1C(=O)[C@H](C)Sc1nnc(C[C@@H]2CCS(=O)(=O)C2)n1C. The number of thioether (sulfide) groups is 1. The van der Waals surface area contributed by atoms with Crippen LogP contribution in [0.1, 0.15) is 35.2 Å². The van der Waals surface area contributed by atoms with E-state index in [0.29, 0.717) is 18.0 Å². The molecule has 0 unspecified atom stereocenters. The highest BCUT2D eigenvalue weighted by Gasteiger charge is 2.30. The van der Waals surface area contributed by atoms with Gasteiger partial charge in [-0.15, -0.1) is 10.2 Å². The van der Waals surface area contributed by atoms with Gasteiger partial charge in [-0.3, -0.25) is 4.79 Å². The zero-order chi connectivity index (χ0) is 20.8. The molecule has 0 saturated carbocycles. The molecule has 7 nitrogen and oxygen atoms in total. The number of hydrogen-bond donors (Lipinski definition) is 1. The van der Waals surface area contributed by atoms with Crippen molar-refractivity contribution in [1.29, 1.82) is 0 Å². The van der Waals surface area contributed by atoms with Crippen LogP contribution in [0.25, 0.3) is 10.9 Å². The maximum absolute atomic E-state index is 13.1. The van der Waals surface area contributed by atoms with Crippen molar-refractivity contribution in [2.75, 3.05) is 11.5 Å². The molecular weight excluding hydrogens is 408 g/mol. The summed E-state index contributed by atoms with van der Waals surface area (Å²) < 4.78 is 25.3. The zero-order valence-electron chi connectivity index (χ0n) is 16.7. The fraction of sp³-hybridized carbons (Fsp3) is 0.450. The normalized spacial score (nSPS) is 19.6. The molecular formula is C20H24N4O3S2. The van der Waals surface area contributed by atoms with Gasteiger partial charge in [0.2, 0.25) is 0 Å². The Bertz CT molecular complexity index is 1180. The molecule has 2 aromatic heterocycles. The van der Waals surface area contributed by atoms with Crippen LogP contribution in [0.5, 0.6) is 0 Å². The van der Waals surface area contributed by atoms with E-state index in [2.05, 4.69) is 15.2 Å². The molecule has 0 amide bonds. The van der Waals surface area contributed by atoms with E-state index < -0.39 is 9.84 Å². The number of nitrogens with zero attached hydrogens (tertiary/aromatic N) is 3. The van der Waals surface area contributed by atoms with Crippen LogP contribution in [0.3, 0.4) is 0 Å². The minimum Gasteiger partial charge on any atom is -0.358 e. The number of H-pyrrole nitrogens is 1. The van der Waals surface area contributed by atoms with E-state index in [1.54, 1.807) is 0 Å². The van der Waals surface area contributed by atoms with Gasteiger partial charge < -0.3 is 9.55 Å². The number of nitrogens with one attached hydrogen (secondary N) is 1. The Labute approximate surface area is 174 Å². The van der Waals surface area contributed by atoms with Gasteiger partial charge in [-0.25, -0.2) is 8.42 Å². The first-order valence-electron chi connectivity index (χ1n) is 9.62. The van der Waals surface area contributed by atoms with Gasteiger partial charge in [0.25, 0.3) is 0 Å². The Morgan fingerprint density at radius 2 is 2.10 bits per heavy atom.